The summed E-state index contributed by atoms with van der Waals surface area (Å²) < 4.78 is 15.9. The van der Waals surface area contributed by atoms with Crippen molar-refractivity contribution in [2.45, 2.75) is 13.5 Å². The van der Waals surface area contributed by atoms with Gasteiger partial charge in [-0.2, -0.15) is 0 Å². The third kappa shape index (κ3) is 3.40. The van der Waals surface area contributed by atoms with Crippen molar-refractivity contribution in [3.05, 3.63) is 23.8 Å². The highest BCUT2D eigenvalue weighted by atomic mass is 16.5. The number of hydrogen-bond acceptors (Lipinski definition) is 4. The Hall–Kier alpha value is -1.26. The molecule has 0 atom stereocenters. The summed E-state index contributed by atoms with van der Waals surface area (Å²) in [4.78, 5) is 0. The molecule has 16 heavy (non-hydrogen) atoms. The summed E-state index contributed by atoms with van der Waals surface area (Å²) in [5.74, 6) is 1.22. The fraction of sp³-hybridized carbons (Fsp3) is 0.500. The number of para-hydroxylation sites is 1. The van der Waals surface area contributed by atoms with E-state index in [1.54, 1.807) is 19.2 Å². The van der Waals surface area contributed by atoms with E-state index in [0.717, 1.165) is 5.56 Å². The van der Waals surface area contributed by atoms with Crippen molar-refractivity contribution in [2.75, 3.05) is 26.9 Å². The zero-order valence-corrected chi connectivity index (χ0v) is 9.73. The van der Waals surface area contributed by atoms with Gasteiger partial charge < -0.3 is 19.3 Å². The van der Waals surface area contributed by atoms with E-state index in [0.29, 0.717) is 31.3 Å². The molecule has 0 saturated carbocycles. The summed E-state index contributed by atoms with van der Waals surface area (Å²) in [6.45, 7) is 3.51. The minimum absolute atomic E-state index is 0.0683. The Morgan fingerprint density at radius 1 is 1.25 bits per heavy atom. The number of benzene rings is 1. The highest BCUT2D eigenvalue weighted by Gasteiger charge is 2.09. The van der Waals surface area contributed by atoms with Crippen LogP contribution in [0.1, 0.15) is 12.5 Å². The zero-order chi connectivity index (χ0) is 11.8. The van der Waals surface area contributed by atoms with Gasteiger partial charge in [-0.1, -0.05) is 12.1 Å². The quantitative estimate of drug-likeness (QED) is 0.717. The first-order valence-electron chi connectivity index (χ1n) is 5.30. The van der Waals surface area contributed by atoms with Gasteiger partial charge in [0.15, 0.2) is 11.5 Å². The predicted octanol–water partition coefficient (Wildman–Crippen LogP) is 1.60. The molecule has 0 aliphatic rings. The minimum Gasteiger partial charge on any atom is -0.493 e. The lowest BCUT2D eigenvalue weighted by molar-refractivity contribution is 0.107. The standard InChI is InChI=1S/C12H18O4/c1-3-15-7-8-16-12-10(9-13)5-4-6-11(12)14-2/h4-6,13H,3,7-9H2,1-2H3. The molecule has 0 aliphatic heterocycles. The van der Waals surface area contributed by atoms with Crippen LogP contribution in [-0.4, -0.2) is 32.0 Å². The first-order valence-corrected chi connectivity index (χ1v) is 5.30. The molecule has 0 aromatic heterocycles. The second kappa shape index (κ2) is 7.09. The molecule has 1 rings (SSSR count). The lowest BCUT2D eigenvalue weighted by Gasteiger charge is -2.13. The molecular weight excluding hydrogens is 208 g/mol. The van der Waals surface area contributed by atoms with E-state index < -0.39 is 0 Å². The van der Waals surface area contributed by atoms with E-state index in [1.807, 2.05) is 13.0 Å². The molecule has 0 bridgehead atoms. The van der Waals surface area contributed by atoms with Crippen LogP contribution in [0.25, 0.3) is 0 Å². The van der Waals surface area contributed by atoms with Crippen LogP contribution in [0.15, 0.2) is 18.2 Å². The fourth-order valence-corrected chi connectivity index (χ4v) is 1.36. The summed E-state index contributed by atoms with van der Waals surface area (Å²) in [6.07, 6.45) is 0. The molecule has 0 saturated heterocycles. The lowest BCUT2D eigenvalue weighted by atomic mass is 10.2. The molecular formula is C12H18O4. The number of methoxy groups -OCH3 is 1. The first kappa shape index (κ1) is 12.8. The van der Waals surface area contributed by atoms with Crippen LogP contribution in [0.2, 0.25) is 0 Å². The fourth-order valence-electron chi connectivity index (χ4n) is 1.36. The van der Waals surface area contributed by atoms with E-state index in [-0.39, 0.29) is 6.61 Å². The van der Waals surface area contributed by atoms with Gasteiger partial charge in [-0.15, -0.1) is 0 Å². The summed E-state index contributed by atoms with van der Waals surface area (Å²) in [6, 6.07) is 5.42. The Kier molecular flexibility index (Phi) is 5.67. The van der Waals surface area contributed by atoms with Gasteiger partial charge in [0.2, 0.25) is 0 Å². The van der Waals surface area contributed by atoms with Crippen molar-refractivity contribution in [2.24, 2.45) is 0 Å². The Morgan fingerprint density at radius 3 is 2.69 bits per heavy atom. The number of hydrogen-bond donors (Lipinski definition) is 1. The minimum atomic E-state index is -0.0683. The number of aliphatic hydroxyl groups excluding tert-OH is 1. The Morgan fingerprint density at radius 2 is 2.06 bits per heavy atom. The lowest BCUT2D eigenvalue weighted by Crippen LogP contribution is -2.08. The van der Waals surface area contributed by atoms with Crippen molar-refractivity contribution in [1.29, 1.82) is 0 Å². The third-order valence-corrected chi connectivity index (χ3v) is 2.13. The summed E-state index contributed by atoms with van der Waals surface area (Å²) >= 11 is 0. The molecule has 0 radical (unpaired) electrons. The van der Waals surface area contributed by atoms with Gasteiger partial charge in [0, 0.05) is 12.2 Å². The van der Waals surface area contributed by atoms with Crippen LogP contribution >= 0.6 is 0 Å². The average molecular weight is 226 g/mol. The van der Waals surface area contributed by atoms with Crippen molar-refractivity contribution in [1.82, 2.24) is 0 Å². The molecule has 0 unspecified atom stereocenters. The van der Waals surface area contributed by atoms with Gasteiger partial charge in [-0.05, 0) is 13.0 Å². The second-order valence-corrected chi connectivity index (χ2v) is 3.15. The maximum Gasteiger partial charge on any atom is 0.166 e. The normalized spacial score (nSPS) is 10.2. The summed E-state index contributed by atoms with van der Waals surface area (Å²) in [7, 11) is 1.58. The highest BCUT2D eigenvalue weighted by molar-refractivity contribution is 5.46. The van der Waals surface area contributed by atoms with Crippen LogP contribution < -0.4 is 9.47 Å². The van der Waals surface area contributed by atoms with Crippen molar-refractivity contribution in [3.63, 3.8) is 0 Å². The van der Waals surface area contributed by atoms with E-state index >= 15 is 0 Å². The molecule has 4 heteroatoms. The van der Waals surface area contributed by atoms with Crippen LogP contribution in [0.3, 0.4) is 0 Å². The van der Waals surface area contributed by atoms with Crippen LogP contribution in [0.5, 0.6) is 11.5 Å². The Labute approximate surface area is 95.8 Å². The molecule has 1 aromatic rings. The number of aliphatic hydroxyl groups is 1. The van der Waals surface area contributed by atoms with Crippen LogP contribution in [0, 0.1) is 0 Å². The molecule has 0 heterocycles. The molecule has 0 spiro atoms. The van der Waals surface area contributed by atoms with E-state index in [1.165, 1.54) is 0 Å². The van der Waals surface area contributed by atoms with E-state index in [4.69, 9.17) is 14.2 Å². The number of rotatable bonds is 7. The van der Waals surface area contributed by atoms with Crippen molar-refractivity contribution < 1.29 is 19.3 Å². The SMILES string of the molecule is CCOCCOc1c(CO)cccc1OC. The first-order chi connectivity index (χ1) is 7.83. The molecule has 0 fully saturated rings. The molecule has 90 valence electrons. The average Bonchev–Trinajstić information content (AvgIpc) is 2.34. The monoisotopic (exact) mass is 226 g/mol. The van der Waals surface area contributed by atoms with Crippen LogP contribution in [0.4, 0.5) is 0 Å². The Bertz CT molecular complexity index is 290. The van der Waals surface area contributed by atoms with Gasteiger partial charge in [-0.25, -0.2) is 0 Å². The second-order valence-electron chi connectivity index (χ2n) is 3.15. The largest absolute Gasteiger partial charge is 0.493 e. The smallest absolute Gasteiger partial charge is 0.166 e. The van der Waals surface area contributed by atoms with Crippen molar-refractivity contribution >= 4 is 0 Å². The molecule has 0 amide bonds. The van der Waals surface area contributed by atoms with Gasteiger partial charge in [-0.3, -0.25) is 0 Å². The Balaban J connectivity index is 2.67. The number of ether oxygens (including phenoxy) is 3. The van der Waals surface area contributed by atoms with Gasteiger partial charge in [0.25, 0.3) is 0 Å². The maximum atomic E-state index is 9.17. The molecule has 1 N–H and O–H groups in total. The molecule has 1 aromatic carbocycles. The zero-order valence-electron chi connectivity index (χ0n) is 9.73. The molecule has 0 aliphatic carbocycles. The van der Waals surface area contributed by atoms with E-state index in [2.05, 4.69) is 0 Å². The molecule has 4 nitrogen and oxygen atoms in total. The maximum absolute atomic E-state index is 9.17. The summed E-state index contributed by atoms with van der Waals surface area (Å²) in [5, 5.41) is 9.17. The van der Waals surface area contributed by atoms with Crippen LogP contribution in [-0.2, 0) is 11.3 Å². The predicted molar refractivity (Wildman–Crippen MR) is 60.9 cm³/mol. The summed E-state index contributed by atoms with van der Waals surface area (Å²) in [5.41, 5.74) is 0.718. The van der Waals surface area contributed by atoms with E-state index in [9.17, 15) is 5.11 Å². The van der Waals surface area contributed by atoms with Gasteiger partial charge in [0.05, 0.1) is 20.3 Å². The van der Waals surface area contributed by atoms with Crippen molar-refractivity contribution in [3.8, 4) is 11.5 Å². The topological polar surface area (TPSA) is 47.9 Å². The third-order valence-electron chi connectivity index (χ3n) is 2.13. The highest BCUT2D eigenvalue weighted by Crippen LogP contribution is 2.30. The van der Waals surface area contributed by atoms with Gasteiger partial charge in [0.1, 0.15) is 6.61 Å². The van der Waals surface area contributed by atoms with Gasteiger partial charge >= 0.3 is 0 Å².